The molecule has 0 spiro atoms. The molecule has 106 valence electrons. The third kappa shape index (κ3) is 3120. The number of hydrogen-bond acceptors (Lipinski definition) is 3. The fourth-order valence-electron chi connectivity index (χ4n) is 0. The molecule has 0 atom stereocenters. The Morgan fingerprint density at radius 1 is 0.941 bits per heavy atom. The molecule has 7 heteroatoms. The first-order chi connectivity index (χ1) is 7.73. The zero-order chi connectivity index (χ0) is 15.4. The number of hydrogen-bond donors (Lipinski definition) is 3. The lowest BCUT2D eigenvalue weighted by molar-refractivity contribution is -0.135. The lowest BCUT2D eigenvalue weighted by atomic mass is 10.8. The number of amides is 1. The molecule has 0 aromatic carbocycles. The highest BCUT2D eigenvalue weighted by atomic mass is 79.9. The number of carbonyl (C=O) groups is 3. The SMILES string of the molecule is CC.CC.CC(=O)O.CC(=O)O.NC(=O)CBr. The van der Waals surface area contributed by atoms with Crippen LogP contribution in [0.15, 0.2) is 0 Å². The average Bonchev–Trinajstić information content (AvgIpc) is 2.22. The van der Waals surface area contributed by atoms with Gasteiger partial charge in [0.25, 0.3) is 11.9 Å². The third-order valence-corrected chi connectivity index (χ3v) is 0.684. The van der Waals surface area contributed by atoms with E-state index in [-0.39, 0.29) is 11.2 Å². The van der Waals surface area contributed by atoms with Crippen molar-refractivity contribution in [2.75, 3.05) is 5.33 Å². The molecule has 0 rings (SSSR count). The molecule has 0 aromatic rings. The molecule has 0 aliphatic rings. The van der Waals surface area contributed by atoms with Crippen molar-refractivity contribution in [3.05, 3.63) is 0 Å². The third-order valence-electron chi connectivity index (χ3n) is 0.132. The molecule has 6 nitrogen and oxygen atoms in total. The Morgan fingerprint density at radius 3 is 1.00 bits per heavy atom. The van der Waals surface area contributed by atoms with Crippen LogP contribution in [0.1, 0.15) is 41.5 Å². The van der Waals surface area contributed by atoms with Gasteiger partial charge < -0.3 is 15.9 Å². The first-order valence-electron chi connectivity index (χ1n) is 4.97. The Morgan fingerprint density at radius 2 is 1.00 bits per heavy atom. The molecular weight excluding hydrogens is 294 g/mol. The lowest BCUT2D eigenvalue weighted by Crippen LogP contribution is -2.10. The largest absolute Gasteiger partial charge is 0.481 e. The van der Waals surface area contributed by atoms with E-state index in [0.717, 1.165) is 13.8 Å². The molecule has 0 aliphatic heterocycles. The van der Waals surface area contributed by atoms with Crippen molar-refractivity contribution in [2.24, 2.45) is 5.73 Å². The van der Waals surface area contributed by atoms with Crippen molar-refractivity contribution in [1.82, 2.24) is 0 Å². The van der Waals surface area contributed by atoms with Crippen LogP contribution in [0.25, 0.3) is 0 Å². The van der Waals surface area contributed by atoms with Crippen molar-refractivity contribution < 1.29 is 24.6 Å². The lowest BCUT2D eigenvalue weighted by Gasteiger charge is -1.71. The van der Waals surface area contributed by atoms with E-state index in [2.05, 4.69) is 21.7 Å². The number of halogens is 1. The zero-order valence-electron chi connectivity index (χ0n) is 11.3. The van der Waals surface area contributed by atoms with Crippen molar-refractivity contribution >= 4 is 33.8 Å². The van der Waals surface area contributed by atoms with Crippen LogP contribution in [0.3, 0.4) is 0 Å². The summed E-state index contributed by atoms with van der Waals surface area (Å²) >= 11 is 2.84. The monoisotopic (exact) mass is 317 g/mol. The molecule has 0 unspecified atom stereocenters. The summed E-state index contributed by atoms with van der Waals surface area (Å²) in [6.45, 7) is 10.2. The van der Waals surface area contributed by atoms with Gasteiger partial charge in [-0.05, 0) is 0 Å². The summed E-state index contributed by atoms with van der Waals surface area (Å²) in [7, 11) is 0. The fraction of sp³-hybridized carbons (Fsp3) is 0.700. The smallest absolute Gasteiger partial charge is 0.300 e. The van der Waals surface area contributed by atoms with Crippen LogP contribution >= 0.6 is 15.9 Å². The van der Waals surface area contributed by atoms with Crippen molar-refractivity contribution in [3.8, 4) is 0 Å². The molecule has 1 amide bonds. The number of aliphatic carboxylic acids is 2. The highest BCUT2D eigenvalue weighted by Crippen LogP contribution is 1.71. The van der Waals surface area contributed by atoms with Gasteiger partial charge in [-0.25, -0.2) is 0 Å². The predicted molar refractivity (Wildman–Crippen MR) is 72.3 cm³/mol. The van der Waals surface area contributed by atoms with E-state index in [4.69, 9.17) is 19.8 Å². The maximum absolute atomic E-state index is 9.54. The van der Waals surface area contributed by atoms with E-state index in [1.165, 1.54) is 0 Å². The minimum atomic E-state index is -0.833. The predicted octanol–water partition coefficient (Wildman–Crippen LogP) is 2.10. The summed E-state index contributed by atoms with van der Waals surface area (Å²) in [6, 6.07) is 0. The second-order valence-corrected chi connectivity index (χ2v) is 2.20. The van der Waals surface area contributed by atoms with E-state index in [0.29, 0.717) is 0 Å². The minimum absolute atomic E-state index is 0.257. The topological polar surface area (TPSA) is 118 Å². The van der Waals surface area contributed by atoms with E-state index in [9.17, 15) is 4.79 Å². The summed E-state index contributed by atoms with van der Waals surface area (Å²) in [5.74, 6) is -2.00. The van der Waals surface area contributed by atoms with Crippen LogP contribution in [-0.4, -0.2) is 33.4 Å². The molecule has 0 radical (unpaired) electrons. The van der Waals surface area contributed by atoms with Crippen molar-refractivity contribution in [2.45, 2.75) is 41.5 Å². The Kier molecular flexibility index (Phi) is 63.5. The summed E-state index contributed by atoms with van der Waals surface area (Å²) in [5.41, 5.74) is 4.61. The molecule has 0 heterocycles. The fourth-order valence-corrected chi connectivity index (χ4v) is 0. The molecule has 0 bridgehead atoms. The number of nitrogens with two attached hydrogens (primary N) is 1. The van der Waals surface area contributed by atoms with Gasteiger partial charge in [0.15, 0.2) is 0 Å². The molecule has 0 fully saturated rings. The maximum atomic E-state index is 9.54. The summed E-state index contributed by atoms with van der Waals surface area (Å²) in [5, 5.41) is 15.1. The summed E-state index contributed by atoms with van der Waals surface area (Å²) in [4.78, 5) is 27.5. The molecule has 0 saturated heterocycles. The highest BCUT2D eigenvalue weighted by molar-refractivity contribution is 9.09. The van der Waals surface area contributed by atoms with Gasteiger partial charge >= 0.3 is 0 Å². The normalized spacial score (nSPS) is 5.82. The second kappa shape index (κ2) is 36.3. The van der Waals surface area contributed by atoms with E-state index in [1.807, 2.05) is 27.7 Å². The number of rotatable bonds is 1. The standard InChI is InChI=1S/C2H4BrNO.2C2H4O2.2C2H6/c3-1-2(4)5;2*1-2(3)4;2*1-2/h1H2,(H2,4,5);2*1H3,(H,3,4);2*1-2H3. The van der Waals surface area contributed by atoms with Gasteiger partial charge in [-0.15, -0.1) is 0 Å². The molecule has 0 aliphatic carbocycles. The van der Waals surface area contributed by atoms with Gasteiger partial charge in [0.2, 0.25) is 5.91 Å². The van der Waals surface area contributed by atoms with Gasteiger partial charge in [-0.3, -0.25) is 14.4 Å². The first kappa shape index (κ1) is 29.7. The second-order valence-electron chi connectivity index (χ2n) is 1.64. The average molecular weight is 318 g/mol. The van der Waals surface area contributed by atoms with Crippen LogP contribution in [-0.2, 0) is 14.4 Å². The quantitative estimate of drug-likeness (QED) is 0.640. The van der Waals surface area contributed by atoms with Crippen molar-refractivity contribution in [3.63, 3.8) is 0 Å². The van der Waals surface area contributed by atoms with Crippen molar-refractivity contribution in [1.29, 1.82) is 0 Å². The molecular formula is C10H24BrNO5. The Balaban J connectivity index is -0.0000000371. The minimum Gasteiger partial charge on any atom is -0.481 e. The highest BCUT2D eigenvalue weighted by Gasteiger charge is 1.79. The van der Waals surface area contributed by atoms with Gasteiger partial charge in [-0.1, -0.05) is 43.6 Å². The molecule has 0 aromatic heterocycles. The number of carboxylic acid groups (broad SMARTS) is 2. The summed E-state index contributed by atoms with van der Waals surface area (Å²) < 4.78 is 0. The van der Waals surface area contributed by atoms with Crippen LogP contribution in [0, 0.1) is 0 Å². The van der Waals surface area contributed by atoms with E-state index >= 15 is 0 Å². The number of alkyl halides is 1. The van der Waals surface area contributed by atoms with E-state index in [1.54, 1.807) is 0 Å². The Hall–Kier alpha value is -1.11. The molecule has 17 heavy (non-hydrogen) atoms. The maximum Gasteiger partial charge on any atom is 0.300 e. The van der Waals surface area contributed by atoms with Crippen LogP contribution in [0.4, 0.5) is 0 Å². The van der Waals surface area contributed by atoms with Gasteiger partial charge in [0.1, 0.15) is 0 Å². The van der Waals surface area contributed by atoms with Crippen LogP contribution in [0.2, 0.25) is 0 Å². The Labute approximate surface area is 111 Å². The van der Waals surface area contributed by atoms with Gasteiger partial charge in [0.05, 0.1) is 5.33 Å². The summed E-state index contributed by atoms with van der Waals surface area (Å²) in [6.07, 6.45) is 0. The Bertz CT molecular complexity index is 154. The zero-order valence-corrected chi connectivity index (χ0v) is 12.9. The van der Waals surface area contributed by atoms with Crippen LogP contribution in [0.5, 0.6) is 0 Å². The number of carboxylic acids is 2. The molecule has 0 saturated carbocycles. The van der Waals surface area contributed by atoms with E-state index < -0.39 is 11.9 Å². The van der Waals surface area contributed by atoms with Crippen LogP contribution < -0.4 is 5.73 Å². The van der Waals surface area contributed by atoms with Gasteiger partial charge in [0, 0.05) is 13.8 Å². The first-order valence-corrected chi connectivity index (χ1v) is 6.09. The number of carbonyl (C=O) groups excluding carboxylic acids is 1. The number of primary amides is 1. The molecule has 4 N–H and O–H groups in total. The van der Waals surface area contributed by atoms with Gasteiger partial charge in [-0.2, -0.15) is 0 Å².